The summed E-state index contributed by atoms with van der Waals surface area (Å²) in [6, 6.07) is 5.27. The molecule has 1 heterocycles. The van der Waals surface area contributed by atoms with Gasteiger partial charge in [-0.2, -0.15) is 0 Å². The van der Waals surface area contributed by atoms with Crippen LogP contribution in [-0.2, 0) is 0 Å². The Kier molecular flexibility index (Phi) is 3.41. The lowest BCUT2D eigenvalue weighted by molar-refractivity contribution is 0.960. The van der Waals surface area contributed by atoms with E-state index in [-0.39, 0.29) is 5.56 Å². The minimum Gasteiger partial charge on any atom is -0.305 e. The standard InChI is InChI=1S/C13H9BrCl2N2O/c14-9-11(6-4-5-6)17-12(18-13(9)19)7-2-1-3-8(15)10(7)16/h1-3,6H,4-5H2,(H,17,18,19). The summed E-state index contributed by atoms with van der Waals surface area (Å²) in [6.45, 7) is 0. The van der Waals surface area contributed by atoms with Crippen LogP contribution in [0.3, 0.4) is 0 Å². The number of hydrogen-bond donors (Lipinski definition) is 1. The first-order chi connectivity index (χ1) is 9.08. The van der Waals surface area contributed by atoms with E-state index in [9.17, 15) is 4.79 Å². The number of halogens is 3. The molecule has 0 aliphatic heterocycles. The van der Waals surface area contributed by atoms with Gasteiger partial charge in [0, 0.05) is 11.5 Å². The summed E-state index contributed by atoms with van der Waals surface area (Å²) in [7, 11) is 0. The van der Waals surface area contributed by atoms with Crippen molar-refractivity contribution in [2.24, 2.45) is 0 Å². The summed E-state index contributed by atoms with van der Waals surface area (Å²) in [5.74, 6) is 0.830. The van der Waals surface area contributed by atoms with Gasteiger partial charge in [0.15, 0.2) is 0 Å². The molecule has 1 saturated carbocycles. The number of nitrogens with zero attached hydrogens (tertiary/aromatic N) is 1. The SMILES string of the molecule is O=c1[nH]c(-c2cccc(Cl)c2Cl)nc(C2CC2)c1Br. The maximum Gasteiger partial charge on any atom is 0.265 e. The maximum absolute atomic E-state index is 11.9. The Labute approximate surface area is 128 Å². The van der Waals surface area contributed by atoms with Gasteiger partial charge in [-0.25, -0.2) is 4.98 Å². The summed E-state index contributed by atoms with van der Waals surface area (Å²) in [6.07, 6.45) is 2.13. The van der Waals surface area contributed by atoms with E-state index in [1.54, 1.807) is 18.2 Å². The zero-order valence-electron chi connectivity index (χ0n) is 9.71. The number of H-pyrrole nitrogens is 1. The second-order valence-electron chi connectivity index (χ2n) is 4.49. The van der Waals surface area contributed by atoms with Gasteiger partial charge >= 0.3 is 0 Å². The van der Waals surface area contributed by atoms with E-state index >= 15 is 0 Å². The number of aromatic amines is 1. The third-order valence-electron chi connectivity index (χ3n) is 3.06. The van der Waals surface area contributed by atoms with Gasteiger partial charge in [0.2, 0.25) is 0 Å². The molecule has 0 spiro atoms. The van der Waals surface area contributed by atoms with E-state index in [0.29, 0.717) is 31.8 Å². The minimum absolute atomic E-state index is 0.192. The normalized spacial score (nSPS) is 14.7. The summed E-state index contributed by atoms with van der Waals surface area (Å²) >= 11 is 15.4. The van der Waals surface area contributed by atoms with Gasteiger partial charge in [0.1, 0.15) is 10.3 Å². The van der Waals surface area contributed by atoms with Crippen LogP contribution in [0.15, 0.2) is 27.5 Å². The Bertz CT molecular complexity index is 710. The third kappa shape index (κ3) is 2.45. The van der Waals surface area contributed by atoms with Crippen LogP contribution in [0.2, 0.25) is 10.0 Å². The van der Waals surface area contributed by atoms with E-state index in [4.69, 9.17) is 23.2 Å². The lowest BCUT2D eigenvalue weighted by Gasteiger charge is -2.08. The summed E-state index contributed by atoms with van der Waals surface area (Å²) in [4.78, 5) is 19.2. The second-order valence-corrected chi connectivity index (χ2v) is 6.07. The van der Waals surface area contributed by atoms with Gasteiger partial charge in [0.25, 0.3) is 5.56 Å². The highest BCUT2D eigenvalue weighted by molar-refractivity contribution is 9.10. The topological polar surface area (TPSA) is 45.8 Å². The summed E-state index contributed by atoms with van der Waals surface area (Å²) < 4.78 is 0.511. The molecule has 2 aromatic rings. The predicted octanol–water partition coefficient (Wildman–Crippen LogP) is 4.38. The molecule has 0 radical (unpaired) electrons. The Morgan fingerprint density at radius 3 is 2.74 bits per heavy atom. The van der Waals surface area contributed by atoms with Crippen LogP contribution in [0.5, 0.6) is 0 Å². The Morgan fingerprint density at radius 2 is 2.05 bits per heavy atom. The molecule has 19 heavy (non-hydrogen) atoms. The minimum atomic E-state index is -0.192. The highest BCUT2D eigenvalue weighted by Crippen LogP contribution is 2.42. The van der Waals surface area contributed by atoms with Crippen LogP contribution in [0.25, 0.3) is 11.4 Å². The van der Waals surface area contributed by atoms with Crippen molar-refractivity contribution >= 4 is 39.1 Å². The number of nitrogens with one attached hydrogen (secondary N) is 1. The lowest BCUT2D eigenvalue weighted by atomic mass is 10.2. The van der Waals surface area contributed by atoms with Crippen LogP contribution in [0.4, 0.5) is 0 Å². The van der Waals surface area contributed by atoms with Gasteiger partial charge < -0.3 is 4.98 Å². The fraction of sp³-hybridized carbons (Fsp3) is 0.231. The van der Waals surface area contributed by atoms with Gasteiger partial charge in [-0.15, -0.1) is 0 Å². The van der Waals surface area contributed by atoms with Crippen molar-refractivity contribution in [1.82, 2.24) is 9.97 Å². The molecule has 1 aromatic carbocycles. The zero-order valence-corrected chi connectivity index (χ0v) is 12.8. The fourth-order valence-electron chi connectivity index (χ4n) is 1.92. The van der Waals surface area contributed by atoms with E-state index < -0.39 is 0 Å². The van der Waals surface area contributed by atoms with E-state index in [0.717, 1.165) is 18.5 Å². The number of rotatable bonds is 2. The van der Waals surface area contributed by atoms with Crippen molar-refractivity contribution in [3.05, 3.63) is 48.8 Å². The molecule has 3 rings (SSSR count). The first-order valence-corrected chi connectivity index (χ1v) is 7.37. The zero-order chi connectivity index (χ0) is 13.6. The van der Waals surface area contributed by atoms with E-state index in [2.05, 4.69) is 25.9 Å². The van der Waals surface area contributed by atoms with Crippen LogP contribution in [0, 0.1) is 0 Å². The Hall–Kier alpha value is -0.840. The molecule has 0 bridgehead atoms. The predicted molar refractivity (Wildman–Crippen MR) is 80.0 cm³/mol. The van der Waals surface area contributed by atoms with Gasteiger partial charge in [-0.05, 0) is 40.9 Å². The van der Waals surface area contributed by atoms with E-state index in [1.807, 2.05) is 0 Å². The molecule has 1 aromatic heterocycles. The first kappa shape index (κ1) is 13.2. The lowest BCUT2D eigenvalue weighted by Crippen LogP contribution is -2.13. The molecule has 0 unspecified atom stereocenters. The average molecular weight is 360 g/mol. The molecule has 6 heteroatoms. The average Bonchev–Trinajstić information content (AvgIpc) is 3.20. The largest absolute Gasteiger partial charge is 0.305 e. The van der Waals surface area contributed by atoms with Crippen molar-refractivity contribution in [1.29, 1.82) is 0 Å². The number of hydrogen-bond acceptors (Lipinski definition) is 2. The van der Waals surface area contributed by atoms with Gasteiger partial charge in [0.05, 0.1) is 15.7 Å². The fourth-order valence-corrected chi connectivity index (χ4v) is 2.82. The molecule has 0 atom stereocenters. The van der Waals surface area contributed by atoms with Crippen LogP contribution in [0.1, 0.15) is 24.5 Å². The van der Waals surface area contributed by atoms with Crippen molar-refractivity contribution in [2.45, 2.75) is 18.8 Å². The highest BCUT2D eigenvalue weighted by atomic mass is 79.9. The number of aromatic nitrogens is 2. The molecule has 98 valence electrons. The molecule has 1 aliphatic carbocycles. The molecule has 1 aliphatic rings. The smallest absolute Gasteiger partial charge is 0.265 e. The van der Waals surface area contributed by atoms with Crippen molar-refractivity contribution in [3.8, 4) is 11.4 Å². The van der Waals surface area contributed by atoms with E-state index in [1.165, 1.54) is 0 Å². The monoisotopic (exact) mass is 358 g/mol. The first-order valence-electron chi connectivity index (χ1n) is 5.82. The molecule has 1 N–H and O–H groups in total. The third-order valence-corrected chi connectivity index (χ3v) is 4.64. The van der Waals surface area contributed by atoms with Gasteiger partial charge in [-0.1, -0.05) is 29.3 Å². The molecule has 3 nitrogen and oxygen atoms in total. The Morgan fingerprint density at radius 1 is 1.32 bits per heavy atom. The second kappa shape index (κ2) is 4.93. The molecular formula is C13H9BrCl2N2O. The van der Waals surface area contributed by atoms with Crippen molar-refractivity contribution < 1.29 is 0 Å². The maximum atomic E-state index is 11.9. The molecule has 0 amide bonds. The van der Waals surface area contributed by atoms with Crippen LogP contribution < -0.4 is 5.56 Å². The van der Waals surface area contributed by atoms with Crippen molar-refractivity contribution in [2.75, 3.05) is 0 Å². The summed E-state index contributed by atoms with van der Waals surface area (Å²) in [5.41, 5.74) is 1.25. The van der Waals surface area contributed by atoms with Gasteiger partial charge in [-0.3, -0.25) is 4.79 Å². The Balaban J connectivity index is 2.20. The summed E-state index contributed by atoms with van der Waals surface area (Å²) in [5, 5.41) is 0.842. The molecule has 1 fully saturated rings. The molecular weight excluding hydrogens is 351 g/mol. The quantitative estimate of drug-likeness (QED) is 0.864. The highest BCUT2D eigenvalue weighted by Gasteiger charge is 2.29. The van der Waals surface area contributed by atoms with Crippen molar-refractivity contribution in [3.63, 3.8) is 0 Å². The molecule has 0 saturated heterocycles. The van der Waals surface area contributed by atoms with Crippen LogP contribution >= 0.6 is 39.1 Å². The van der Waals surface area contributed by atoms with Crippen LogP contribution in [-0.4, -0.2) is 9.97 Å². The number of benzene rings is 1.